The van der Waals surface area contributed by atoms with E-state index < -0.39 is 122 Å². The lowest BCUT2D eigenvalue weighted by molar-refractivity contribution is -0.265. The number of allylic oxidation sites excluding steroid dienone is 6. The number of Topliss-reactive ketones (excluding diaryl/α,β-unsaturated/α-hetero) is 3. The molecule has 5 aliphatic rings. The lowest BCUT2D eigenvalue weighted by Gasteiger charge is -2.42. The predicted octanol–water partition coefficient (Wildman–Crippen LogP) is 9.35. The highest BCUT2D eigenvalue weighted by Gasteiger charge is 2.53. The number of fused-ring (bicyclic) bond motifs is 3. The Morgan fingerprint density at radius 3 is 2.21 bits per heavy atom. The van der Waals surface area contributed by atoms with E-state index in [4.69, 9.17) is 47.1 Å². The van der Waals surface area contributed by atoms with Gasteiger partial charge in [0.15, 0.2) is 19.9 Å². The van der Waals surface area contributed by atoms with Crippen molar-refractivity contribution >= 4 is 43.7 Å². The zero-order valence-corrected chi connectivity index (χ0v) is 51.7. The van der Waals surface area contributed by atoms with Crippen LogP contribution in [0.3, 0.4) is 0 Å². The Labute approximate surface area is 477 Å². The Bertz CT molecular complexity index is 2240. The smallest absolute Gasteiger partial charge is 0.460 e. The van der Waals surface area contributed by atoms with Crippen molar-refractivity contribution < 1.29 is 80.9 Å². The normalized spacial score (nSPS) is 36.7. The van der Waals surface area contributed by atoms with Crippen molar-refractivity contribution in [3.63, 3.8) is 0 Å². The fourth-order valence-corrected chi connectivity index (χ4v) is 13.0. The molecule has 0 aromatic heterocycles. The Morgan fingerprint density at radius 1 is 0.838 bits per heavy atom. The van der Waals surface area contributed by atoms with Crippen molar-refractivity contribution in [3.8, 4) is 0 Å². The molecule has 3 unspecified atom stereocenters. The molecule has 0 aromatic rings. The highest BCUT2D eigenvalue weighted by Crippen LogP contribution is 2.39. The average molecular weight is 1140 g/mol. The number of rotatable bonds is 11. The molecule has 3 saturated heterocycles. The lowest BCUT2D eigenvalue weighted by Crippen LogP contribution is -2.61. The quantitative estimate of drug-likeness (QED) is 0.0882. The first kappa shape index (κ1) is 66.9. The highest BCUT2D eigenvalue weighted by molar-refractivity contribution is 6.69. The van der Waals surface area contributed by atoms with Gasteiger partial charge < -0.3 is 57.1 Å². The molecule has 80 heavy (non-hydrogen) atoms. The zero-order chi connectivity index (χ0) is 59.3. The van der Waals surface area contributed by atoms with Gasteiger partial charge in [-0.05, 0) is 140 Å². The summed E-state index contributed by atoms with van der Waals surface area (Å²) < 4.78 is 59.6. The first-order chi connectivity index (χ1) is 37.6. The van der Waals surface area contributed by atoms with Gasteiger partial charge >= 0.3 is 12.1 Å². The van der Waals surface area contributed by atoms with E-state index in [1.54, 1.807) is 41.9 Å². The molecule has 0 radical (unpaired) electrons. The summed E-state index contributed by atoms with van der Waals surface area (Å²) in [5, 5.41) is 12.1. The van der Waals surface area contributed by atoms with Crippen LogP contribution >= 0.6 is 0 Å². The van der Waals surface area contributed by atoms with E-state index in [0.29, 0.717) is 69.8 Å². The van der Waals surface area contributed by atoms with Crippen LogP contribution in [-0.2, 0) is 71.0 Å². The summed E-state index contributed by atoms with van der Waals surface area (Å²) in [6, 6.07) is -1.18. The summed E-state index contributed by atoms with van der Waals surface area (Å²) in [7, 11) is 2.32. The molecule has 4 heterocycles. The van der Waals surface area contributed by atoms with Crippen molar-refractivity contribution in [2.75, 3.05) is 41.1 Å². The minimum Gasteiger partial charge on any atom is -0.460 e. The van der Waals surface area contributed by atoms with E-state index in [1.165, 1.54) is 12.0 Å². The van der Waals surface area contributed by atoms with Gasteiger partial charge in [0.25, 0.3) is 11.7 Å². The molecule has 0 aromatic carbocycles. The second-order valence-corrected chi connectivity index (χ2v) is 29.4. The van der Waals surface area contributed by atoms with Gasteiger partial charge in [0.05, 0.1) is 31.0 Å². The van der Waals surface area contributed by atoms with Gasteiger partial charge in [-0.3, -0.25) is 19.2 Å². The number of hydrogen-bond acceptors (Lipinski definition) is 17. The van der Waals surface area contributed by atoms with Gasteiger partial charge in [0, 0.05) is 58.5 Å². The van der Waals surface area contributed by atoms with E-state index in [-0.39, 0.29) is 56.0 Å². The van der Waals surface area contributed by atoms with Crippen LogP contribution in [0.4, 0.5) is 4.79 Å². The Balaban J connectivity index is 1.46. The first-order valence-electron chi connectivity index (χ1n) is 29.2. The Hall–Kier alpha value is -3.92. The molecular weight excluding hydrogens is 1050 g/mol. The zero-order valence-electron chi connectivity index (χ0n) is 50.7. The molecule has 4 fully saturated rings. The van der Waals surface area contributed by atoms with E-state index in [0.717, 1.165) is 5.57 Å². The molecule has 1 N–H and O–H groups in total. The molecule has 452 valence electrons. The maximum absolute atomic E-state index is 14.7. The van der Waals surface area contributed by atoms with Gasteiger partial charge in [-0.15, -0.1) is 0 Å². The van der Waals surface area contributed by atoms with Crippen LogP contribution in [0.25, 0.3) is 0 Å². The number of amides is 1. The SMILES string of the molecule is CO[C@H]1CC2CC[C@@H](C)[C@@](O)(O2)C(=O)C(=O)N2CCCCC2C(=O)O[C@H]([C@H](C)C[C@@H]2CC[C@@H](OC(=O)OCC3COC(C)(C)O3)[C@H](OC)C2)CC(=O)[C@H](C)/C=C(\C)[C@@H](O[Si](C)(C)C)[C@@H](OC)C(=O)[C@H](C)C[C@H](C)/C=C/C=CC=C1C. The standard InChI is InChI=1S/C61H97NO17Si/c1-37-21-17-16-18-22-38(2)50(70-10)33-45-26-24-43(7)61(69,78-45)56(65)57(66)62-28-20-19-23-47(62)58(67)75-51(34-48(63)39(3)30-42(6)54(79-80(13,14)15)55(72-12)53(64)41(5)29-37)40(4)31-44-25-27-49(52(32-44)71-11)76-59(68)73-35-46-36-74-60(8,9)77-46/h16-18,21-22,30,37,39-41,43-47,49-52,54-55,69H,19-20,23-29,31-36H2,1-15H3/b18-16?,21-17+,38-22?,42-30+/t37-,39-,40-,41-,43-,44+,45?,46?,47?,49-,50+,51+,52-,54-,55+,61-/m1/s1. The number of hydrogen-bond donors (Lipinski definition) is 1. The molecule has 5 rings (SSSR count). The number of esters is 1. The Morgan fingerprint density at radius 2 is 1.56 bits per heavy atom. The van der Waals surface area contributed by atoms with Gasteiger partial charge in [-0.1, -0.05) is 71.1 Å². The number of methoxy groups -OCH3 is 3. The number of cyclic esters (lactones) is 1. The van der Waals surface area contributed by atoms with Crippen molar-refractivity contribution in [2.45, 2.75) is 225 Å². The van der Waals surface area contributed by atoms with Gasteiger partial charge in [0.1, 0.15) is 42.8 Å². The van der Waals surface area contributed by atoms with Crippen LogP contribution in [0, 0.1) is 35.5 Å². The molecule has 0 spiro atoms. The maximum atomic E-state index is 14.7. The minimum absolute atomic E-state index is 0.00725. The van der Waals surface area contributed by atoms with Crippen LogP contribution in [-0.4, -0.2) is 161 Å². The van der Waals surface area contributed by atoms with Crippen molar-refractivity contribution in [1.82, 2.24) is 4.90 Å². The van der Waals surface area contributed by atoms with E-state index in [1.807, 2.05) is 83.8 Å². The number of nitrogens with zero attached hydrogens (tertiary/aromatic N) is 1. The largest absolute Gasteiger partial charge is 0.508 e. The summed E-state index contributed by atoms with van der Waals surface area (Å²) in [6.45, 7) is 23.1. The maximum Gasteiger partial charge on any atom is 0.508 e. The number of aliphatic hydroxyl groups is 1. The van der Waals surface area contributed by atoms with Crippen LogP contribution in [0.5, 0.6) is 0 Å². The summed E-state index contributed by atoms with van der Waals surface area (Å²) >= 11 is 0. The molecule has 1 saturated carbocycles. The molecule has 19 heteroatoms. The fourth-order valence-electron chi connectivity index (χ4n) is 11.9. The summed E-state index contributed by atoms with van der Waals surface area (Å²) in [5.74, 6) is -8.71. The third-order valence-corrected chi connectivity index (χ3v) is 17.6. The monoisotopic (exact) mass is 1140 g/mol. The number of ether oxygens (including phenoxy) is 9. The van der Waals surface area contributed by atoms with E-state index in [2.05, 4.69) is 6.92 Å². The van der Waals surface area contributed by atoms with Crippen molar-refractivity contribution in [1.29, 1.82) is 0 Å². The highest BCUT2D eigenvalue weighted by atomic mass is 28.4. The first-order valence-corrected chi connectivity index (χ1v) is 32.6. The molecule has 16 atom stereocenters. The molecule has 1 aliphatic carbocycles. The number of carbonyl (C=O) groups is 6. The molecule has 2 bridgehead atoms. The third kappa shape index (κ3) is 18.8. The van der Waals surface area contributed by atoms with E-state index >= 15 is 0 Å². The Kier molecular flexibility index (Phi) is 25.1. The summed E-state index contributed by atoms with van der Waals surface area (Å²) in [5.41, 5.74) is 1.54. The van der Waals surface area contributed by atoms with E-state index in [9.17, 15) is 33.9 Å². The number of ketones is 3. The van der Waals surface area contributed by atoms with Crippen LogP contribution < -0.4 is 0 Å². The minimum atomic E-state index is -2.46. The van der Waals surface area contributed by atoms with Crippen molar-refractivity contribution in [3.05, 3.63) is 47.6 Å². The summed E-state index contributed by atoms with van der Waals surface area (Å²) in [4.78, 5) is 86.8. The molecule has 18 nitrogen and oxygen atoms in total. The van der Waals surface area contributed by atoms with Gasteiger partial charge in [-0.25, -0.2) is 9.59 Å². The average Bonchev–Trinajstić information content (AvgIpc) is 3.76. The third-order valence-electron chi connectivity index (χ3n) is 16.6. The lowest BCUT2D eigenvalue weighted by atomic mass is 9.78. The van der Waals surface area contributed by atoms with Gasteiger partial charge in [-0.2, -0.15) is 0 Å². The number of piperidine rings is 1. The molecule has 4 aliphatic heterocycles. The molecule has 1 amide bonds. The molecular formula is C61H97NO17Si. The fraction of sp³-hybridized carbons (Fsp3) is 0.770. The second kappa shape index (κ2) is 30.1. The van der Waals surface area contributed by atoms with Crippen LogP contribution in [0.15, 0.2) is 47.6 Å². The summed E-state index contributed by atoms with van der Waals surface area (Å²) in [6.07, 6.45) is 10.4. The van der Waals surface area contributed by atoms with Crippen molar-refractivity contribution in [2.24, 2.45) is 35.5 Å². The predicted molar refractivity (Wildman–Crippen MR) is 302 cm³/mol. The topological polar surface area (TPSA) is 218 Å². The van der Waals surface area contributed by atoms with Gasteiger partial charge in [0.2, 0.25) is 5.79 Å². The van der Waals surface area contributed by atoms with Crippen LogP contribution in [0.2, 0.25) is 19.6 Å². The second-order valence-electron chi connectivity index (χ2n) is 24.9. The number of carbonyl (C=O) groups excluding carboxylic acids is 6. The van der Waals surface area contributed by atoms with Crippen LogP contribution in [0.1, 0.15) is 139 Å².